The quantitative estimate of drug-likeness (QED) is 0.186. The maximum atomic E-state index is 0. The van der Waals surface area contributed by atoms with Crippen LogP contribution in [0.3, 0.4) is 0 Å². The van der Waals surface area contributed by atoms with Gasteiger partial charge in [0.15, 0.2) is 0 Å². The monoisotopic (exact) mass is 507 g/mol. The predicted molar refractivity (Wildman–Crippen MR) is 30.1 cm³/mol. The van der Waals surface area contributed by atoms with Gasteiger partial charge in [-0.3, -0.25) is 0 Å². The third kappa shape index (κ3) is 440. The van der Waals surface area contributed by atoms with Gasteiger partial charge in [0.1, 0.15) is 0 Å². The molecule has 0 aromatic rings. The van der Waals surface area contributed by atoms with Crippen LogP contribution in [0.4, 0.5) is 0 Å². The van der Waals surface area contributed by atoms with E-state index in [1.54, 1.807) is 0 Å². The zero-order valence-electron chi connectivity index (χ0n) is 6.83. The molecule has 100 valence electrons. The molecule has 0 fully saturated rings. The number of hydrogen-bond donors (Lipinski definition) is 6. The summed E-state index contributed by atoms with van der Waals surface area (Å²) in [6.45, 7) is 0. The Labute approximate surface area is 131 Å². The van der Waals surface area contributed by atoms with Crippen LogP contribution < -0.4 is 111 Å². The predicted octanol–water partition coefficient (Wildman–Crippen LogP) is -17.0. The molecule has 0 spiro atoms. The largest absolute Gasteiger partial charge is 6.00 e. The average Bonchev–Trinajstić information content (AvgIpc) is 0. The van der Waals surface area contributed by atoms with Gasteiger partial charge >= 0.3 is 21.1 Å². The van der Waals surface area contributed by atoms with Gasteiger partial charge in [-0.15, -0.1) is 0 Å². The molecule has 18 N–H and O–H groups in total. The van der Waals surface area contributed by atoms with Crippen LogP contribution in [0.25, 0.3) is 0 Å². The van der Waals surface area contributed by atoms with Crippen LogP contribution in [0.1, 0.15) is 0 Å². The van der Waals surface area contributed by atoms with E-state index in [1.165, 1.54) is 0 Å². The number of rotatable bonds is 0. The van der Waals surface area contributed by atoms with Crippen molar-refractivity contribution in [1.82, 2.24) is 36.9 Å². The van der Waals surface area contributed by atoms with Gasteiger partial charge in [0, 0.05) is 0 Å². The second kappa shape index (κ2) is 515. The van der Waals surface area contributed by atoms with Gasteiger partial charge in [0.25, 0.3) is 0 Å². The molecule has 0 radical (unpaired) electrons. The van der Waals surface area contributed by atoms with E-state index >= 15 is 0 Å². The second-order valence-electron chi connectivity index (χ2n) is 0. The third-order valence-corrected chi connectivity index (χ3v) is 0. The summed E-state index contributed by atoms with van der Waals surface area (Å²) < 4.78 is 0. The first-order valence-corrected chi connectivity index (χ1v) is 0. The molecule has 0 bridgehead atoms. The summed E-state index contributed by atoms with van der Waals surface area (Å²) in [7, 11) is 0. The molecule has 0 unspecified atom stereocenters. The molecule has 0 saturated carbocycles. The zero-order chi connectivity index (χ0) is 0. The third-order valence-electron chi connectivity index (χ3n) is 0. The van der Waals surface area contributed by atoms with Crippen LogP contribution >= 0.6 is 0 Å². The van der Waals surface area contributed by atoms with Gasteiger partial charge in [-0.1, -0.05) is 0 Å². The first-order chi connectivity index (χ1) is 0. The number of halogens is 6. The van der Waals surface area contributed by atoms with E-state index in [9.17, 15) is 0 Å². The van der Waals surface area contributed by atoms with Crippen LogP contribution in [-0.4, -0.2) is 0 Å². The SMILES string of the molecule is N.N.N.N.N.N.[Cl-].[Cl-].[Cl-].[Cl-].[Cl-].[Cl-].[Pt+6]. The summed E-state index contributed by atoms with van der Waals surface area (Å²) in [4.78, 5) is 0. The Morgan fingerprint density at radius 2 is 0.231 bits per heavy atom. The Morgan fingerprint density at radius 3 is 0.231 bits per heavy atom. The molecule has 0 heterocycles. The zero-order valence-corrected chi connectivity index (χ0v) is 13.6. The van der Waals surface area contributed by atoms with Gasteiger partial charge in [-0.05, 0) is 0 Å². The van der Waals surface area contributed by atoms with Gasteiger partial charge in [-0.2, -0.15) is 0 Å². The Balaban J connectivity index is 0. The topological polar surface area (TPSA) is 210 Å². The summed E-state index contributed by atoms with van der Waals surface area (Å²) in [6, 6.07) is 0. The van der Waals surface area contributed by atoms with Gasteiger partial charge < -0.3 is 111 Å². The summed E-state index contributed by atoms with van der Waals surface area (Å²) in [5.74, 6) is 0. The van der Waals surface area contributed by atoms with Crippen molar-refractivity contribution in [3.8, 4) is 0 Å². The summed E-state index contributed by atoms with van der Waals surface area (Å²) in [5.41, 5.74) is 0. The van der Waals surface area contributed by atoms with Crippen LogP contribution in [0.15, 0.2) is 0 Å². The summed E-state index contributed by atoms with van der Waals surface area (Å²) in [6.07, 6.45) is 0. The Morgan fingerprint density at radius 1 is 0.231 bits per heavy atom. The molecule has 0 rings (SSSR count). The van der Waals surface area contributed by atoms with Crippen LogP contribution in [0.2, 0.25) is 0 Å². The first kappa shape index (κ1) is 638. The van der Waals surface area contributed by atoms with E-state index < -0.39 is 0 Å². The number of hydrogen-bond acceptors (Lipinski definition) is 6. The van der Waals surface area contributed by atoms with Gasteiger partial charge in [-0.25, -0.2) is 0 Å². The van der Waals surface area contributed by atoms with E-state index in [2.05, 4.69) is 0 Å². The van der Waals surface area contributed by atoms with E-state index in [0.717, 1.165) is 0 Å². The van der Waals surface area contributed by atoms with Crippen molar-refractivity contribution in [2.45, 2.75) is 0 Å². The van der Waals surface area contributed by atoms with Crippen molar-refractivity contribution < 1.29 is 95.5 Å². The second-order valence-corrected chi connectivity index (χ2v) is 0. The Bertz CT molecular complexity index is 17.1. The Hall–Kier alpha value is 2.19. The van der Waals surface area contributed by atoms with Crippen LogP contribution in [0.5, 0.6) is 0 Å². The van der Waals surface area contributed by atoms with Crippen molar-refractivity contribution >= 4 is 0 Å². The van der Waals surface area contributed by atoms with E-state index in [1.807, 2.05) is 0 Å². The molecule has 0 amide bonds. The molecule has 0 aromatic heterocycles. The molecule has 13 heteroatoms. The molecular weight excluding hydrogens is 492 g/mol. The van der Waals surface area contributed by atoms with Crippen molar-refractivity contribution in [2.24, 2.45) is 0 Å². The molecule has 0 saturated heterocycles. The van der Waals surface area contributed by atoms with Crippen molar-refractivity contribution in [3.05, 3.63) is 0 Å². The van der Waals surface area contributed by atoms with Gasteiger partial charge in [0.05, 0.1) is 0 Å². The van der Waals surface area contributed by atoms with Gasteiger partial charge in [0.2, 0.25) is 0 Å². The molecular formula is H18Cl6N6Pt. The molecule has 6 nitrogen and oxygen atoms in total. The minimum absolute atomic E-state index is 0. The van der Waals surface area contributed by atoms with Crippen molar-refractivity contribution in [2.75, 3.05) is 0 Å². The Kier molecular flexibility index (Phi) is 25300. The fraction of sp³-hybridized carbons (Fsp3) is 0. The molecule has 0 atom stereocenters. The summed E-state index contributed by atoms with van der Waals surface area (Å²) >= 11 is 0. The van der Waals surface area contributed by atoms with E-state index in [4.69, 9.17) is 0 Å². The standard InChI is InChI=1S/6ClH.6H3N.Pt/h6*1H;6*1H3;/q;;;;;;;;;;;;+6/p-6. The molecule has 0 aliphatic rings. The molecule has 13 heavy (non-hydrogen) atoms. The summed E-state index contributed by atoms with van der Waals surface area (Å²) in [5, 5.41) is 0. The minimum Gasteiger partial charge on any atom is -1.00 e. The first-order valence-electron chi connectivity index (χ1n) is 0. The fourth-order valence-corrected chi connectivity index (χ4v) is 0. The van der Waals surface area contributed by atoms with Crippen LogP contribution in [-0.2, 0) is 21.1 Å². The normalized spacial score (nSPS) is 0. The maximum absolute atomic E-state index is 0. The fourth-order valence-electron chi connectivity index (χ4n) is 0. The van der Waals surface area contributed by atoms with Crippen molar-refractivity contribution in [1.29, 1.82) is 0 Å². The molecule has 0 aromatic carbocycles. The van der Waals surface area contributed by atoms with E-state index in [0.29, 0.717) is 0 Å². The van der Waals surface area contributed by atoms with Crippen molar-refractivity contribution in [3.63, 3.8) is 0 Å². The maximum Gasteiger partial charge on any atom is 6.00 e. The molecule has 0 aliphatic heterocycles. The average molecular weight is 510 g/mol. The molecule has 0 aliphatic carbocycles. The minimum atomic E-state index is 0. The smallest absolute Gasteiger partial charge is 1.00 e. The van der Waals surface area contributed by atoms with E-state index in [-0.39, 0.29) is 132 Å². The van der Waals surface area contributed by atoms with Crippen LogP contribution in [0, 0.1) is 0 Å².